The topological polar surface area (TPSA) is 76.8 Å². The zero-order valence-electron chi connectivity index (χ0n) is 14.2. The highest BCUT2D eigenvalue weighted by molar-refractivity contribution is 5.75. The summed E-state index contributed by atoms with van der Waals surface area (Å²) in [6.45, 7) is 5.81. The summed E-state index contributed by atoms with van der Waals surface area (Å²) in [5.74, 6) is 1.31. The molecule has 7 heteroatoms. The van der Waals surface area contributed by atoms with Gasteiger partial charge in [-0.05, 0) is 31.9 Å². The molecule has 0 unspecified atom stereocenters. The van der Waals surface area contributed by atoms with Crippen molar-refractivity contribution in [1.29, 1.82) is 0 Å². The first-order chi connectivity index (χ1) is 11.8. The average molecular weight is 330 g/mol. The fraction of sp³-hybridized carbons (Fsp3) is 0.588. The Labute approximate surface area is 142 Å². The predicted octanol–water partition coefficient (Wildman–Crippen LogP) is 1.27. The molecule has 130 valence electrons. The van der Waals surface area contributed by atoms with E-state index in [-0.39, 0.29) is 12.5 Å². The number of carbonyl (C=O) groups excluding carboxylic acids is 1. The van der Waals surface area contributed by atoms with Crippen LogP contribution in [0.15, 0.2) is 24.7 Å². The third-order valence-electron chi connectivity index (χ3n) is 4.39. The predicted molar refractivity (Wildman–Crippen MR) is 91.4 cm³/mol. The molecule has 1 aliphatic rings. The SMILES string of the molecule is CCCn1ccnc1CNC(=O)Cn1ccc([C@H]2CCCNC2)n1. The number of nitrogens with zero attached hydrogens (tertiary/aromatic N) is 4. The summed E-state index contributed by atoms with van der Waals surface area (Å²) in [5.41, 5.74) is 1.08. The maximum Gasteiger partial charge on any atom is 0.242 e. The molecule has 1 fully saturated rings. The molecule has 1 saturated heterocycles. The lowest BCUT2D eigenvalue weighted by molar-refractivity contribution is -0.122. The van der Waals surface area contributed by atoms with Crippen molar-refractivity contribution in [3.8, 4) is 0 Å². The summed E-state index contributed by atoms with van der Waals surface area (Å²) in [5, 5.41) is 10.9. The molecule has 0 radical (unpaired) electrons. The van der Waals surface area contributed by atoms with Crippen molar-refractivity contribution in [1.82, 2.24) is 30.0 Å². The molecule has 0 bridgehead atoms. The van der Waals surface area contributed by atoms with Crippen LogP contribution in [0.4, 0.5) is 0 Å². The van der Waals surface area contributed by atoms with Gasteiger partial charge in [-0.3, -0.25) is 9.48 Å². The van der Waals surface area contributed by atoms with Gasteiger partial charge in [0.15, 0.2) is 0 Å². The average Bonchev–Trinajstić information content (AvgIpc) is 3.24. The largest absolute Gasteiger partial charge is 0.347 e. The van der Waals surface area contributed by atoms with Crippen LogP contribution in [-0.2, 0) is 24.4 Å². The monoisotopic (exact) mass is 330 g/mol. The Morgan fingerprint density at radius 2 is 2.38 bits per heavy atom. The van der Waals surface area contributed by atoms with Crippen molar-refractivity contribution in [2.45, 2.75) is 51.7 Å². The molecule has 7 nitrogen and oxygen atoms in total. The van der Waals surface area contributed by atoms with Crippen molar-refractivity contribution < 1.29 is 4.79 Å². The van der Waals surface area contributed by atoms with Crippen molar-refractivity contribution in [3.05, 3.63) is 36.2 Å². The van der Waals surface area contributed by atoms with Crippen molar-refractivity contribution in [2.75, 3.05) is 13.1 Å². The molecule has 2 N–H and O–H groups in total. The number of piperidine rings is 1. The number of carbonyl (C=O) groups is 1. The molecule has 0 aromatic carbocycles. The van der Waals surface area contributed by atoms with Gasteiger partial charge >= 0.3 is 0 Å². The van der Waals surface area contributed by atoms with Crippen molar-refractivity contribution in [3.63, 3.8) is 0 Å². The van der Waals surface area contributed by atoms with Gasteiger partial charge < -0.3 is 15.2 Å². The van der Waals surface area contributed by atoms with Crippen LogP contribution in [0.5, 0.6) is 0 Å². The Balaban J connectivity index is 1.49. The molecule has 0 spiro atoms. The third kappa shape index (κ3) is 4.23. The molecule has 1 amide bonds. The van der Waals surface area contributed by atoms with E-state index in [4.69, 9.17) is 0 Å². The summed E-state index contributed by atoms with van der Waals surface area (Å²) < 4.78 is 3.79. The van der Waals surface area contributed by atoms with E-state index < -0.39 is 0 Å². The van der Waals surface area contributed by atoms with Crippen molar-refractivity contribution in [2.24, 2.45) is 0 Å². The molecular formula is C17H26N6O. The molecule has 24 heavy (non-hydrogen) atoms. The minimum atomic E-state index is -0.0440. The second-order valence-corrected chi connectivity index (χ2v) is 6.30. The molecule has 0 aliphatic carbocycles. The number of hydrogen-bond donors (Lipinski definition) is 2. The van der Waals surface area contributed by atoms with Gasteiger partial charge in [-0.15, -0.1) is 0 Å². The highest BCUT2D eigenvalue weighted by atomic mass is 16.2. The number of imidazole rings is 1. The van der Waals surface area contributed by atoms with Crippen molar-refractivity contribution >= 4 is 5.91 Å². The molecule has 1 atom stereocenters. The zero-order chi connectivity index (χ0) is 16.8. The number of amides is 1. The van der Waals surface area contributed by atoms with E-state index in [0.29, 0.717) is 12.5 Å². The van der Waals surface area contributed by atoms with E-state index >= 15 is 0 Å². The van der Waals surface area contributed by atoms with E-state index in [1.165, 1.54) is 6.42 Å². The van der Waals surface area contributed by atoms with Crippen LogP contribution < -0.4 is 10.6 Å². The van der Waals surface area contributed by atoms with E-state index in [1.54, 1.807) is 10.9 Å². The first-order valence-electron chi connectivity index (χ1n) is 8.77. The molecule has 3 heterocycles. The zero-order valence-corrected chi connectivity index (χ0v) is 14.2. The smallest absolute Gasteiger partial charge is 0.242 e. The summed E-state index contributed by atoms with van der Waals surface area (Å²) in [6, 6.07) is 2.03. The Bertz CT molecular complexity index is 656. The van der Waals surface area contributed by atoms with Crippen LogP contribution in [0.3, 0.4) is 0 Å². The summed E-state index contributed by atoms with van der Waals surface area (Å²) in [7, 11) is 0. The van der Waals surface area contributed by atoms with Gasteiger partial charge in [-0.2, -0.15) is 5.10 Å². The Hall–Kier alpha value is -2.15. The molecule has 1 aliphatic heterocycles. The second-order valence-electron chi connectivity index (χ2n) is 6.30. The lowest BCUT2D eigenvalue weighted by atomic mass is 9.97. The van der Waals surface area contributed by atoms with Crippen LogP contribution in [0.25, 0.3) is 0 Å². The van der Waals surface area contributed by atoms with Gasteiger partial charge in [0.25, 0.3) is 0 Å². The van der Waals surface area contributed by atoms with E-state index in [2.05, 4.69) is 32.2 Å². The number of aromatic nitrogens is 4. The lowest BCUT2D eigenvalue weighted by Gasteiger charge is -2.20. The highest BCUT2D eigenvalue weighted by Gasteiger charge is 2.17. The van der Waals surface area contributed by atoms with Crippen LogP contribution in [0.2, 0.25) is 0 Å². The van der Waals surface area contributed by atoms with E-state index in [9.17, 15) is 4.79 Å². The maximum atomic E-state index is 12.1. The van der Waals surface area contributed by atoms with Gasteiger partial charge in [-0.25, -0.2) is 4.98 Å². The fourth-order valence-corrected chi connectivity index (χ4v) is 3.12. The third-order valence-corrected chi connectivity index (χ3v) is 4.39. The standard InChI is InChI=1S/C17H26N6O/c1-2-8-22-10-7-19-16(22)12-20-17(24)13-23-9-5-15(21-23)14-4-3-6-18-11-14/h5,7,9-10,14,18H,2-4,6,8,11-13H2,1H3,(H,20,24)/t14-/m0/s1. The van der Waals surface area contributed by atoms with E-state index in [1.807, 2.05) is 18.5 Å². The summed E-state index contributed by atoms with van der Waals surface area (Å²) in [4.78, 5) is 16.4. The van der Waals surface area contributed by atoms with Crippen LogP contribution in [0.1, 0.15) is 43.6 Å². The van der Waals surface area contributed by atoms with Gasteiger partial charge in [0.2, 0.25) is 5.91 Å². The van der Waals surface area contributed by atoms with Crippen LogP contribution in [-0.4, -0.2) is 38.3 Å². The molecule has 2 aromatic rings. The Kier molecular flexibility index (Phi) is 5.63. The number of nitrogens with one attached hydrogen (secondary N) is 2. The number of hydrogen-bond acceptors (Lipinski definition) is 4. The minimum Gasteiger partial charge on any atom is -0.347 e. The maximum absolute atomic E-state index is 12.1. The molecule has 3 rings (SSSR count). The minimum absolute atomic E-state index is 0.0440. The lowest BCUT2D eigenvalue weighted by Crippen LogP contribution is -2.30. The highest BCUT2D eigenvalue weighted by Crippen LogP contribution is 2.21. The molecule has 2 aromatic heterocycles. The Morgan fingerprint density at radius 1 is 1.46 bits per heavy atom. The Morgan fingerprint density at radius 3 is 3.17 bits per heavy atom. The normalized spacial score (nSPS) is 17.8. The van der Waals surface area contributed by atoms with Gasteiger partial charge in [-0.1, -0.05) is 6.92 Å². The first kappa shape index (κ1) is 16.7. The van der Waals surface area contributed by atoms with Gasteiger partial charge in [0, 0.05) is 37.6 Å². The molecule has 0 saturated carbocycles. The second kappa shape index (κ2) is 8.10. The fourth-order valence-electron chi connectivity index (χ4n) is 3.12. The van der Waals surface area contributed by atoms with E-state index in [0.717, 1.165) is 44.0 Å². The first-order valence-corrected chi connectivity index (χ1v) is 8.77. The quantitative estimate of drug-likeness (QED) is 0.802. The summed E-state index contributed by atoms with van der Waals surface area (Å²) in [6.07, 6.45) is 9.00. The summed E-state index contributed by atoms with van der Waals surface area (Å²) >= 11 is 0. The van der Waals surface area contributed by atoms with Gasteiger partial charge in [0.1, 0.15) is 12.4 Å². The van der Waals surface area contributed by atoms with Gasteiger partial charge in [0.05, 0.1) is 12.2 Å². The van der Waals surface area contributed by atoms with Crippen LogP contribution in [0, 0.1) is 0 Å². The number of aryl methyl sites for hydroxylation is 1. The van der Waals surface area contributed by atoms with Crippen LogP contribution >= 0.6 is 0 Å². The molecular weight excluding hydrogens is 304 g/mol. The number of rotatable bonds is 7.